The van der Waals surface area contributed by atoms with Gasteiger partial charge in [0.15, 0.2) is 0 Å². The Hall–Kier alpha value is -1.31. The summed E-state index contributed by atoms with van der Waals surface area (Å²) in [6.07, 6.45) is 5.04. The SMILES string of the molecule is CC1CCCC(OCC(=O)Nc2cc(N3CCCS3(=O)=O)ccc2Cl)C1. The third-order valence-corrected chi connectivity index (χ3v) is 7.15. The summed E-state index contributed by atoms with van der Waals surface area (Å²) in [6.45, 7) is 2.62. The second kappa shape index (κ2) is 8.15. The average molecular weight is 401 g/mol. The Morgan fingerprint density at radius 1 is 1.35 bits per heavy atom. The first kappa shape index (κ1) is 19.5. The van der Waals surface area contributed by atoms with Gasteiger partial charge in [0.05, 0.1) is 28.3 Å². The molecule has 0 radical (unpaired) electrons. The van der Waals surface area contributed by atoms with Crippen LogP contribution in [0.5, 0.6) is 0 Å². The van der Waals surface area contributed by atoms with E-state index in [2.05, 4.69) is 12.2 Å². The van der Waals surface area contributed by atoms with Crippen LogP contribution in [0.1, 0.15) is 39.0 Å². The molecule has 1 saturated carbocycles. The summed E-state index contributed by atoms with van der Waals surface area (Å²) in [4.78, 5) is 12.2. The molecular weight excluding hydrogens is 376 g/mol. The van der Waals surface area contributed by atoms with Crippen LogP contribution in [0.4, 0.5) is 11.4 Å². The molecule has 1 aliphatic heterocycles. The predicted octanol–water partition coefficient (Wildman–Crippen LogP) is 3.41. The minimum Gasteiger partial charge on any atom is -0.368 e. The van der Waals surface area contributed by atoms with Crippen LogP contribution in [0.2, 0.25) is 5.02 Å². The number of ether oxygens (including phenoxy) is 1. The standard InChI is InChI=1S/C18H25ClN2O4S/c1-13-4-2-5-15(10-13)25-12-18(22)20-17-11-14(6-7-16(17)19)21-8-3-9-26(21,23)24/h6-7,11,13,15H,2-5,8-10,12H2,1H3,(H,20,22). The number of carbonyl (C=O) groups is 1. The molecule has 1 heterocycles. The first-order chi connectivity index (χ1) is 12.3. The highest BCUT2D eigenvalue weighted by Gasteiger charge is 2.29. The number of halogens is 1. The number of hydrogen-bond donors (Lipinski definition) is 1. The maximum atomic E-state index is 12.2. The Kier molecular flexibility index (Phi) is 6.10. The Bertz CT molecular complexity index is 768. The zero-order valence-electron chi connectivity index (χ0n) is 14.9. The van der Waals surface area contributed by atoms with Gasteiger partial charge in [-0.15, -0.1) is 0 Å². The van der Waals surface area contributed by atoms with Crippen molar-refractivity contribution in [2.75, 3.05) is 28.5 Å². The lowest BCUT2D eigenvalue weighted by molar-refractivity contribution is -0.123. The van der Waals surface area contributed by atoms with Gasteiger partial charge >= 0.3 is 0 Å². The summed E-state index contributed by atoms with van der Waals surface area (Å²) in [5.74, 6) is 0.488. The maximum absolute atomic E-state index is 12.2. The third kappa shape index (κ3) is 4.69. The fourth-order valence-corrected chi connectivity index (χ4v) is 5.32. The molecule has 2 fully saturated rings. The molecule has 8 heteroatoms. The van der Waals surface area contributed by atoms with Crippen LogP contribution in [0.25, 0.3) is 0 Å². The normalized spacial score (nSPS) is 25.2. The quantitative estimate of drug-likeness (QED) is 0.821. The van der Waals surface area contributed by atoms with Crippen LogP contribution in [0.15, 0.2) is 18.2 Å². The van der Waals surface area contributed by atoms with Crippen molar-refractivity contribution in [3.8, 4) is 0 Å². The summed E-state index contributed by atoms with van der Waals surface area (Å²) in [6, 6.07) is 4.86. The van der Waals surface area contributed by atoms with Gasteiger partial charge in [0, 0.05) is 6.54 Å². The predicted molar refractivity (Wildman–Crippen MR) is 103 cm³/mol. The van der Waals surface area contributed by atoms with Crippen molar-refractivity contribution in [2.45, 2.75) is 45.1 Å². The van der Waals surface area contributed by atoms with Gasteiger partial charge in [-0.2, -0.15) is 0 Å². The number of rotatable bonds is 5. The number of carbonyl (C=O) groups excluding carboxylic acids is 1. The van der Waals surface area contributed by atoms with E-state index < -0.39 is 10.0 Å². The lowest BCUT2D eigenvalue weighted by atomic mass is 9.89. The summed E-state index contributed by atoms with van der Waals surface area (Å²) >= 11 is 6.16. The lowest BCUT2D eigenvalue weighted by Crippen LogP contribution is -2.27. The van der Waals surface area contributed by atoms with Crippen LogP contribution in [-0.2, 0) is 19.6 Å². The van der Waals surface area contributed by atoms with Crippen LogP contribution in [0, 0.1) is 5.92 Å². The Morgan fingerprint density at radius 3 is 2.85 bits per heavy atom. The van der Waals surface area contributed by atoms with Gasteiger partial charge in [0.1, 0.15) is 6.61 Å². The van der Waals surface area contributed by atoms with E-state index in [1.807, 2.05) is 0 Å². The highest BCUT2D eigenvalue weighted by Crippen LogP contribution is 2.31. The van der Waals surface area contributed by atoms with Gasteiger partial charge in [-0.25, -0.2) is 8.42 Å². The van der Waals surface area contributed by atoms with Crippen molar-refractivity contribution in [1.29, 1.82) is 0 Å². The largest absolute Gasteiger partial charge is 0.368 e. The Balaban J connectivity index is 1.62. The molecule has 2 atom stereocenters. The van der Waals surface area contributed by atoms with E-state index in [1.165, 1.54) is 10.7 Å². The second-order valence-electron chi connectivity index (χ2n) is 7.16. The number of benzene rings is 1. The third-order valence-electron chi connectivity index (χ3n) is 4.95. The number of amides is 1. The van der Waals surface area contributed by atoms with Gasteiger partial charge in [0.25, 0.3) is 0 Å². The van der Waals surface area contributed by atoms with E-state index in [9.17, 15) is 13.2 Å². The van der Waals surface area contributed by atoms with Crippen molar-refractivity contribution in [2.24, 2.45) is 5.92 Å². The molecule has 2 aliphatic rings. The topological polar surface area (TPSA) is 75.7 Å². The first-order valence-corrected chi connectivity index (χ1v) is 11.1. The van der Waals surface area contributed by atoms with Gasteiger partial charge in [0.2, 0.25) is 15.9 Å². The van der Waals surface area contributed by atoms with E-state index in [0.29, 0.717) is 35.3 Å². The highest BCUT2D eigenvalue weighted by molar-refractivity contribution is 7.93. The fourth-order valence-electron chi connectivity index (χ4n) is 3.60. The molecule has 1 aliphatic carbocycles. The summed E-state index contributed by atoms with van der Waals surface area (Å²) < 4.78 is 31.2. The van der Waals surface area contributed by atoms with E-state index in [1.54, 1.807) is 18.2 Å². The molecule has 0 bridgehead atoms. The molecular formula is C18H25ClN2O4S. The Morgan fingerprint density at radius 2 is 2.15 bits per heavy atom. The van der Waals surface area contributed by atoms with Crippen LogP contribution in [-0.4, -0.2) is 39.3 Å². The van der Waals surface area contributed by atoms with Gasteiger partial charge in [-0.1, -0.05) is 31.4 Å². The number of nitrogens with one attached hydrogen (secondary N) is 1. The molecule has 6 nitrogen and oxygen atoms in total. The number of anilines is 2. The van der Waals surface area contributed by atoms with Gasteiger partial charge < -0.3 is 10.1 Å². The summed E-state index contributed by atoms with van der Waals surface area (Å²) in [5.41, 5.74) is 0.918. The smallest absolute Gasteiger partial charge is 0.250 e. The highest BCUT2D eigenvalue weighted by atomic mass is 35.5. The molecule has 144 valence electrons. The van der Waals surface area contributed by atoms with E-state index in [-0.39, 0.29) is 24.4 Å². The average Bonchev–Trinajstić information content (AvgIpc) is 2.94. The molecule has 1 saturated heterocycles. The van der Waals surface area contributed by atoms with Crippen LogP contribution >= 0.6 is 11.6 Å². The molecule has 2 unspecified atom stereocenters. The molecule has 1 amide bonds. The Labute approximate surface area is 159 Å². The minimum atomic E-state index is -3.28. The first-order valence-electron chi connectivity index (χ1n) is 9.06. The number of sulfonamides is 1. The molecule has 3 rings (SSSR count). The van der Waals surface area contributed by atoms with E-state index in [4.69, 9.17) is 16.3 Å². The fraction of sp³-hybridized carbons (Fsp3) is 0.611. The maximum Gasteiger partial charge on any atom is 0.250 e. The van der Waals surface area contributed by atoms with Gasteiger partial charge in [-0.3, -0.25) is 9.10 Å². The molecule has 1 aromatic rings. The van der Waals surface area contributed by atoms with E-state index in [0.717, 1.165) is 19.3 Å². The van der Waals surface area contributed by atoms with Gasteiger partial charge in [-0.05, 0) is 43.4 Å². The summed E-state index contributed by atoms with van der Waals surface area (Å²) in [5, 5.41) is 3.10. The van der Waals surface area contributed by atoms with Crippen molar-refractivity contribution in [3.05, 3.63) is 23.2 Å². The zero-order chi connectivity index (χ0) is 18.7. The second-order valence-corrected chi connectivity index (χ2v) is 9.58. The van der Waals surface area contributed by atoms with Crippen molar-refractivity contribution >= 4 is 38.9 Å². The van der Waals surface area contributed by atoms with Crippen LogP contribution in [0.3, 0.4) is 0 Å². The number of nitrogens with zero attached hydrogens (tertiary/aromatic N) is 1. The van der Waals surface area contributed by atoms with Crippen molar-refractivity contribution in [1.82, 2.24) is 0 Å². The molecule has 1 N–H and O–H groups in total. The molecule has 1 aromatic carbocycles. The summed E-state index contributed by atoms with van der Waals surface area (Å²) in [7, 11) is -3.28. The van der Waals surface area contributed by atoms with Crippen molar-refractivity contribution in [3.63, 3.8) is 0 Å². The number of hydrogen-bond acceptors (Lipinski definition) is 4. The monoisotopic (exact) mass is 400 g/mol. The van der Waals surface area contributed by atoms with E-state index >= 15 is 0 Å². The van der Waals surface area contributed by atoms with Crippen LogP contribution < -0.4 is 9.62 Å². The molecule has 0 aromatic heterocycles. The lowest BCUT2D eigenvalue weighted by Gasteiger charge is -2.26. The van der Waals surface area contributed by atoms with Crippen molar-refractivity contribution < 1.29 is 17.9 Å². The zero-order valence-corrected chi connectivity index (χ0v) is 16.5. The molecule has 0 spiro atoms. The molecule has 26 heavy (non-hydrogen) atoms. The minimum absolute atomic E-state index is 0.0278.